The number of methoxy groups -OCH3 is 1. The van der Waals surface area contributed by atoms with Gasteiger partial charge in [0.05, 0.1) is 24.7 Å². The van der Waals surface area contributed by atoms with Crippen LogP contribution in [0.5, 0.6) is 0 Å². The molecule has 0 saturated carbocycles. The van der Waals surface area contributed by atoms with Crippen LogP contribution in [0.15, 0.2) is 48.8 Å². The smallest absolute Gasteiger partial charge is 0.418 e. The van der Waals surface area contributed by atoms with Crippen LogP contribution in [-0.2, 0) is 4.74 Å². The van der Waals surface area contributed by atoms with Crippen molar-refractivity contribution in [3.63, 3.8) is 0 Å². The predicted octanol–water partition coefficient (Wildman–Crippen LogP) is 2.57. The molecule has 5 nitrogen and oxygen atoms in total. The van der Waals surface area contributed by atoms with Crippen molar-refractivity contribution in [1.82, 2.24) is 4.98 Å². The number of ether oxygens (including phenoxy) is 1. The van der Waals surface area contributed by atoms with Gasteiger partial charge in [0, 0.05) is 11.9 Å². The van der Waals surface area contributed by atoms with Gasteiger partial charge in [-0.15, -0.1) is 0 Å². The van der Waals surface area contributed by atoms with Gasteiger partial charge in [-0.05, 0) is 30.3 Å². The normalized spacial score (nSPS) is 9.83. The largest absolute Gasteiger partial charge is 0.452 e. The number of amides is 1. The molecular formula is C13H13N3O2. The number of nitrogens with two attached hydrogens (primary N) is 1. The molecule has 1 amide bonds. The van der Waals surface area contributed by atoms with E-state index in [4.69, 9.17) is 10.5 Å². The summed E-state index contributed by atoms with van der Waals surface area (Å²) >= 11 is 0. The highest BCUT2D eigenvalue weighted by atomic mass is 16.5. The lowest BCUT2D eigenvalue weighted by Gasteiger charge is -2.21. The van der Waals surface area contributed by atoms with E-state index in [1.165, 1.54) is 12.0 Å². The zero-order valence-electron chi connectivity index (χ0n) is 9.91. The van der Waals surface area contributed by atoms with Gasteiger partial charge in [-0.3, -0.25) is 4.98 Å². The quantitative estimate of drug-likeness (QED) is 0.823. The van der Waals surface area contributed by atoms with Crippen molar-refractivity contribution >= 4 is 23.2 Å². The van der Waals surface area contributed by atoms with Crippen LogP contribution >= 0.6 is 0 Å². The zero-order chi connectivity index (χ0) is 13.0. The summed E-state index contributed by atoms with van der Waals surface area (Å²) in [5, 5.41) is 0. The van der Waals surface area contributed by atoms with Crippen LogP contribution in [0.1, 0.15) is 0 Å². The Morgan fingerprint density at radius 3 is 2.67 bits per heavy atom. The predicted molar refractivity (Wildman–Crippen MR) is 69.6 cm³/mol. The Labute approximate surface area is 105 Å². The number of pyridine rings is 1. The average Bonchev–Trinajstić information content (AvgIpc) is 2.40. The van der Waals surface area contributed by atoms with E-state index in [1.54, 1.807) is 48.8 Å². The number of nitrogens with zero attached hydrogens (tertiary/aromatic N) is 2. The molecule has 2 aromatic rings. The summed E-state index contributed by atoms with van der Waals surface area (Å²) < 4.78 is 4.78. The van der Waals surface area contributed by atoms with Gasteiger partial charge in [-0.1, -0.05) is 6.07 Å². The Hall–Kier alpha value is -2.56. The first kappa shape index (κ1) is 11.9. The number of aromatic nitrogens is 1. The molecular weight excluding hydrogens is 230 g/mol. The third-order valence-corrected chi connectivity index (χ3v) is 2.39. The molecule has 18 heavy (non-hydrogen) atoms. The fraction of sp³-hybridized carbons (Fsp3) is 0.0769. The first-order chi connectivity index (χ1) is 8.72. The number of rotatable bonds is 2. The number of anilines is 3. The highest BCUT2D eigenvalue weighted by Crippen LogP contribution is 2.26. The maximum absolute atomic E-state index is 11.9. The number of hydrogen-bond acceptors (Lipinski definition) is 4. The molecule has 0 aliphatic carbocycles. The second-order valence-electron chi connectivity index (χ2n) is 3.61. The van der Waals surface area contributed by atoms with Crippen LogP contribution in [0.3, 0.4) is 0 Å². The Balaban J connectivity index is 2.47. The lowest BCUT2D eigenvalue weighted by Crippen LogP contribution is -2.25. The fourth-order valence-corrected chi connectivity index (χ4v) is 1.60. The number of nitrogen functional groups attached to an aromatic ring is 1. The van der Waals surface area contributed by atoms with Gasteiger partial charge in [-0.2, -0.15) is 0 Å². The van der Waals surface area contributed by atoms with E-state index in [-0.39, 0.29) is 0 Å². The molecule has 5 heteroatoms. The highest BCUT2D eigenvalue weighted by molar-refractivity contribution is 5.96. The number of carbonyl (C=O) groups excluding carboxylic acids is 1. The Kier molecular flexibility index (Phi) is 3.43. The topological polar surface area (TPSA) is 68.5 Å². The first-order valence-electron chi connectivity index (χ1n) is 5.36. The molecule has 1 aromatic heterocycles. The monoisotopic (exact) mass is 243 g/mol. The molecule has 0 atom stereocenters. The van der Waals surface area contributed by atoms with E-state index in [9.17, 15) is 4.79 Å². The van der Waals surface area contributed by atoms with Crippen molar-refractivity contribution in [2.45, 2.75) is 0 Å². The van der Waals surface area contributed by atoms with E-state index < -0.39 is 6.09 Å². The van der Waals surface area contributed by atoms with Crippen LogP contribution in [0.2, 0.25) is 0 Å². The molecule has 0 unspecified atom stereocenters. The first-order valence-corrected chi connectivity index (χ1v) is 5.36. The molecule has 0 fully saturated rings. The molecule has 0 radical (unpaired) electrons. The lowest BCUT2D eigenvalue weighted by atomic mass is 10.2. The summed E-state index contributed by atoms with van der Waals surface area (Å²) in [5.41, 5.74) is 7.55. The minimum absolute atomic E-state index is 0.492. The molecule has 0 aliphatic rings. The van der Waals surface area contributed by atoms with E-state index in [2.05, 4.69) is 4.98 Å². The third kappa shape index (κ3) is 2.40. The van der Waals surface area contributed by atoms with E-state index >= 15 is 0 Å². The average molecular weight is 243 g/mol. The Bertz CT molecular complexity index is 543. The second-order valence-corrected chi connectivity index (χ2v) is 3.61. The maximum Gasteiger partial charge on any atom is 0.418 e. The summed E-state index contributed by atoms with van der Waals surface area (Å²) in [6.07, 6.45) is 2.73. The fourth-order valence-electron chi connectivity index (χ4n) is 1.60. The van der Waals surface area contributed by atoms with Gasteiger partial charge in [0.25, 0.3) is 0 Å². The van der Waals surface area contributed by atoms with Crippen molar-refractivity contribution in [3.8, 4) is 0 Å². The lowest BCUT2D eigenvalue weighted by molar-refractivity contribution is 0.181. The van der Waals surface area contributed by atoms with Gasteiger partial charge in [0.2, 0.25) is 0 Å². The van der Waals surface area contributed by atoms with Gasteiger partial charge >= 0.3 is 6.09 Å². The van der Waals surface area contributed by atoms with Crippen LogP contribution in [0.4, 0.5) is 21.9 Å². The minimum atomic E-state index is -0.492. The summed E-state index contributed by atoms with van der Waals surface area (Å²) in [6.45, 7) is 0. The molecule has 2 rings (SSSR count). The molecule has 92 valence electrons. The summed E-state index contributed by atoms with van der Waals surface area (Å²) in [5.74, 6) is 0. The van der Waals surface area contributed by atoms with Gasteiger partial charge in [-0.25, -0.2) is 9.69 Å². The molecule has 0 aliphatic heterocycles. The van der Waals surface area contributed by atoms with Crippen LogP contribution in [0, 0.1) is 0 Å². The highest BCUT2D eigenvalue weighted by Gasteiger charge is 2.18. The van der Waals surface area contributed by atoms with Crippen LogP contribution in [0.25, 0.3) is 0 Å². The van der Waals surface area contributed by atoms with E-state index in [0.29, 0.717) is 17.1 Å². The van der Waals surface area contributed by atoms with Gasteiger partial charge in [0.1, 0.15) is 0 Å². The minimum Gasteiger partial charge on any atom is -0.452 e. The van der Waals surface area contributed by atoms with Crippen molar-refractivity contribution in [2.24, 2.45) is 0 Å². The van der Waals surface area contributed by atoms with Crippen molar-refractivity contribution < 1.29 is 9.53 Å². The zero-order valence-corrected chi connectivity index (χ0v) is 9.91. The van der Waals surface area contributed by atoms with Crippen molar-refractivity contribution in [1.29, 1.82) is 0 Å². The van der Waals surface area contributed by atoms with Crippen LogP contribution < -0.4 is 10.6 Å². The standard InChI is InChI=1S/C13H13N3O2/c1-18-13(17)16(12-6-3-7-15-9-12)11-5-2-4-10(14)8-11/h2-9H,14H2,1H3. The summed E-state index contributed by atoms with van der Waals surface area (Å²) in [4.78, 5) is 17.3. The van der Waals surface area contributed by atoms with Crippen LogP contribution in [-0.4, -0.2) is 18.2 Å². The summed E-state index contributed by atoms with van der Waals surface area (Å²) in [6, 6.07) is 10.5. The molecule has 0 spiro atoms. The summed E-state index contributed by atoms with van der Waals surface area (Å²) in [7, 11) is 1.33. The maximum atomic E-state index is 11.9. The van der Waals surface area contributed by atoms with Gasteiger partial charge in [0.15, 0.2) is 0 Å². The number of carbonyl (C=O) groups is 1. The molecule has 1 heterocycles. The van der Waals surface area contributed by atoms with E-state index in [0.717, 1.165) is 0 Å². The molecule has 2 N–H and O–H groups in total. The number of hydrogen-bond donors (Lipinski definition) is 1. The third-order valence-electron chi connectivity index (χ3n) is 2.39. The van der Waals surface area contributed by atoms with Gasteiger partial charge < -0.3 is 10.5 Å². The van der Waals surface area contributed by atoms with E-state index in [1.807, 2.05) is 0 Å². The Morgan fingerprint density at radius 1 is 1.28 bits per heavy atom. The molecule has 1 aromatic carbocycles. The Morgan fingerprint density at radius 2 is 2.06 bits per heavy atom. The molecule has 0 saturated heterocycles. The second kappa shape index (κ2) is 5.18. The SMILES string of the molecule is COC(=O)N(c1cccnc1)c1cccc(N)c1. The number of benzene rings is 1. The van der Waals surface area contributed by atoms with Crippen molar-refractivity contribution in [3.05, 3.63) is 48.8 Å². The molecule has 0 bridgehead atoms. The van der Waals surface area contributed by atoms with Crippen molar-refractivity contribution in [2.75, 3.05) is 17.7 Å².